The predicted molar refractivity (Wildman–Crippen MR) is 41.6 cm³/mol. The number of carbonyl (C=O) groups is 1. The molecule has 0 saturated carbocycles. The van der Waals surface area contributed by atoms with Crippen LogP contribution in [0.1, 0.15) is 17.7 Å². The number of aromatic nitrogens is 1. The summed E-state index contributed by atoms with van der Waals surface area (Å²) >= 11 is 6.90. The maximum absolute atomic E-state index is 10.3. The Hall–Kier alpha value is -0.410. The van der Waals surface area contributed by atoms with E-state index in [0.29, 0.717) is 4.47 Å². The molecular weight excluding hydrogens is 170 g/mol. The van der Waals surface area contributed by atoms with Crippen molar-refractivity contribution in [1.82, 2.24) is 4.98 Å². The Morgan fingerprint density at radius 2 is 2.60 bits per heavy atom. The van der Waals surface area contributed by atoms with Crippen LogP contribution in [0.25, 0.3) is 0 Å². The summed E-state index contributed by atoms with van der Waals surface area (Å²) in [5.41, 5.74) is 0. The number of hydrogen-bond donors (Lipinski definition) is 0. The lowest BCUT2D eigenvalue weighted by atomic mass is 10.2. The van der Waals surface area contributed by atoms with Gasteiger partial charge < -0.3 is 4.79 Å². The van der Waals surface area contributed by atoms with Crippen LogP contribution in [0.4, 0.5) is 0 Å². The van der Waals surface area contributed by atoms with E-state index in [-0.39, 0.29) is 5.92 Å². The Balaban J connectivity index is 2.84. The van der Waals surface area contributed by atoms with E-state index in [1.165, 1.54) is 11.3 Å². The third-order valence-corrected chi connectivity index (χ3v) is 2.46. The van der Waals surface area contributed by atoms with Gasteiger partial charge in [-0.3, -0.25) is 0 Å². The monoisotopic (exact) mass is 175 g/mol. The second-order valence-electron chi connectivity index (χ2n) is 1.94. The summed E-state index contributed by atoms with van der Waals surface area (Å²) < 4.78 is 0.490. The lowest BCUT2D eigenvalue weighted by Gasteiger charge is -1.93. The molecule has 0 fully saturated rings. The van der Waals surface area contributed by atoms with Crippen LogP contribution in [-0.4, -0.2) is 11.3 Å². The summed E-state index contributed by atoms with van der Waals surface area (Å²) in [7, 11) is 0. The first-order valence-corrected chi connectivity index (χ1v) is 4.00. The Morgan fingerprint density at radius 1 is 1.90 bits per heavy atom. The van der Waals surface area contributed by atoms with Gasteiger partial charge >= 0.3 is 0 Å². The zero-order valence-electron chi connectivity index (χ0n) is 5.37. The van der Waals surface area contributed by atoms with E-state index in [1.54, 1.807) is 6.20 Å². The van der Waals surface area contributed by atoms with Gasteiger partial charge in [-0.1, -0.05) is 18.5 Å². The summed E-state index contributed by atoms with van der Waals surface area (Å²) in [6.45, 7) is 1.82. The molecule has 0 aromatic carbocycles. The third kappa shape index (κ3) is 1.55. The van der Waals surface area contributed by atoms with Crippen molar-refractivity contribution in [3.63, 3.8) is 0 Å². The molecule has 1 atom stereocenters. The van der Waals surface area contributed by atoms with E-state index in [2.05, 4.69) is 4.98 Å². The summed E-state index contributed by atoms with van der Waals surface area (Å²) in [5.74, 6) is -0.0787. The Labute approximate surface area is 67.9 Å². The van der Waals surface area contributed by atoms with Gasteiger partial charge in [0.2, 0.25) is 0 Å². The minimum Gasteiger partial charge on any atom is -0.303 e. The van der Waals surface area contributed by atoms with Crippen molar-refractivity contribution in [3.8, 4) is 0 Å². The average molecular weight is 176 g/mol. The molecule has 0 N–H and O–H groups in total. The minimum atomic E-state index is -0.0787. The first-order chi connectivity index (χ1) is 4.74. The molecule has 0 aliphatic carbocycles. The molecule has 10 heavy (non-hydrogen) atoms. The highest BCUT2D eigenvalue weighted by atomic mass is 35.5. The predicted octanol–water partition coefficient (Wildman–Crippen LogP) is 2.10. The average Bonchev–Trinajstić information content (AvgIpc) is 2.34. The first kappa shape index (κ1) is 7.69. The van der Waals surface area contributed by atoms with Gasteiger partial charge in [-0.2, -0.15) is 0 Å². The molecule has 0 amide bonds. The summed E-state index contributed by atoms with van der Waals surface area (Å²) in [6, 6.07) is 0. The lowest BCUT2D eigenvalue weighted by molar-refractivity contribution is -0.108. The van der Waals surface area contributed by atoms with Crippen LogP contribution in [0, 0.1) is 0 Å². The van der Waals surface area contributed by atoms with Gasteiger partial charge in [0.05, 0.1) is 0 Å². The summed E-state index contributed by atoms with van der Waals surface area (Å²) in [5, 5.41) is 0. The maximum Gasteiger partial charge on any atom is 0.183 e. The Kier molecular flexibility index (Phi) is 2.40. The quantitative estimate of drug-likeness (QED) is 0.645. The van der Waals surface area contributed by atoms with Crippen LogP contribution in [0.15, 0.2) is 6.20 Å². The van der Waals surface area contributed by atoms with Gasteiger partial charge in [-0.15, -0.1) is 11.3 Å². The minimum absolute atomic E-state index is 0.0787. The fourth-order valence-electron chi connectivity index (χ4n) is 0.542. The number of hydrogen-bond acceptors (Lipinski definition) is 3. The Morgan fingerprint density at radius 3 is 3.00 bits per heavy atom. The number of aldehydes is 1. The zero-order chi connectivity index (χ0) is 7.56. The van der Waals surface area contributed by atoms with Gasteiger partial charge in [0.25, 0.3) is 0 Å². The molecule has 1 aromatic heterocycles. The van der Waals surface area contributed by atoms with Crippen molar-refractivity contribution in [3.05, 3.63) is 15.5 Å². The van der Waals surface area contributed by atoms with Crippen LogP contribution in [0.3, 0.4) is 0 Å². The van der Waals surface area contributed by atoms with Crippen molar-refractivity contribution in [1.29, 1.82) is 0 Å². The van der Waals surface area contributed by atoms with Crippen molar-refractivity contribution in [2.45, 2.75) is 12.8 Å². The van der Waals surface area contributed by atoms with E-state index in [9.17, 15) is 4.79 Å². The molecule has 1 rings (SSSR count). The van der Waals surface area contributed by atoms with Gasteiger partial charge in [-0.05, 0) is 0 Å². The van der Waals surface area contributed by atoms with Crippen molar-refractivity contribution in [2.24, 2.45) is 0 Å². The van der Waals surface area contributed by atoms with E-state index in [4.69, 9.17) is 11.6 Å². The zero-order valence-corrected chi connectivity index (χ0v) is 6.95. The van der Waals surface area contributed by atoms with E-state index < -0.39 is 0 Å². The second-order valence-corrected chi connectivity index (χ2v) is 3.58. The molecule has 0 spiro atoms. The van der Waals surface area contributed by atoms with Crippen LogP contribution in [-0.2, 0) is 4.79 Å². The van der Waals surface area contributed by atoms with Gasteiger partial charge in [0.15, 0.2) is 4.47 Å². The molecule has 1 aromatic rings. The molecule has 4 heteroatoms. The standard InChI is InChI=1S/C6H6ClNOS/c1-4(3-9)5-2-8-6(7)10-5/h2-4H,1H3. The molecule has 0 aliphatic rings. The fourth-order valence-corrected chi connectivity index (χ4v) is 1.50. The SMILES string of the molecule is CC(C=O)c1cnc(Cl)s1. The molecule has 1 unspecified atom stereocenters. The van der Waals surface area contributed by atoms with E-state index >= 15 is 0 Å². The van der Waals surface area contributed by atoms with E-state index in [0.717, 1.165) is 11.2 Å². The molecular formula is C6H6ClNOS. The van der Waals surface area contributed by atoms with Gasteiger partial charge in [0.1, 0.15) is 6.29 Å². The number of rotatable bonds is 2. The van der Waals surface area contributed by atoms with Gasteiger partial charge in [-0.25, -0.2) is 4.98 Å². The van der Waals surface area contributed by atoms with E-state index in [1.807, 2.05) is 6.92 Å². The van der Waals surface area contributed by atoms with Crippen LogP contribution in [0.5, 0.6) is 0 Å². The highest BCUT2D eigenvalue weighted by molar-refractivity contribution is 7.15. The summed E-state index contributed by atoms with van der Waals surface area (Å²) in [6.07, 6.45) is 2.51. The van der Waals surface area contributed by atoms with Crippen molar-refractivity contribution < 1.29 is 4.79 Å². The largest absolute Gasteiger partial charge is 0.303 e. The first-order valence-electron chi connectivity index (χ1n) is 2.80. The number of carbonyl (C=O) groups excluding carboxylic acids is 1. The highest BCUT2D eigenvalue weighted by Crippen LogP contribution is 2.23. The number of nitrogens with zero attached hydrogens (tertiary/aromatic N) is 1. The second kappa shape index (κ2) is 3.12. The lowest BCUT2D eigenvalue weighted by Crippen LogP contribution is -1.88. The van der Waals surface area contributed by atoms with Crippen LogP contribution in [0.2, 0.25) is 4.47 Å². The van der Waals surface area contributed by atoms with Crippen LogP contribution < -0.4 is 0 Å². The van der Waals surface area contributed by atoms with Crippen molar-refractivity contribution in [2.75, 3.05) is 0 Å². The van der Waals surface area contributed by atoms with Crippen LogP contribution >= 0.6 is 22.9 Å². The normalized spacial score (nSPS) is 13.0. The topological polar surface area (TPSA) is 30.0 Å². The maximum atomic E-state index is 10.3. The molecule has 0 bridgehead atoms. The number of thiazole rings is 1. The smallest absolute Gasteiger partial charge is 0.183 e. The Bertz CT molecular complexity index is 235. The third-order valence-electron chi connectivity index (χ3n) is 1.15. The molecule has 0 aliphatic heterocycles. The number of halogens is 1. The molecule has 2 nitrogen and oxygen atoms in total. The molecule has 0 saturated heterocycles. The fraction of sp³-hybridized carbons (Fsp3) is 0.333. The molecule has 54 valence electrons. The summed E-state index contributed by atoms with van der Waals surface area (Å²) in [4.78, 5) is 15.0. The molecule has 1 heterocycles. The highest BCUT2D eigenvalue weighted by Gasteiger charge is 2.06. The van der Waals surface area contributed by atoms with Crippen molar-refractivity contribution >= 4 is 29.2 Å². The molecule has 0 radical (unpaired) electrons. The van der Waals surface area contributed by atoms with Gasteiger partial charge in [0, 0.05) is 17.0 Å².